The number of hydrogen-bond donors (Lipinski definition) is 6. The first-order valence-electron chi connectivity index (χ1n) is 4.00. The Bertz CT molecular complexity index is 104. The minimum atomic E-state index is -0.366. The molecule has 0 heterocycles. The fraction of sp³-hybridized carbons (Fsp3) is 1.00. The fourth-order valence-corrected chi connectivity index (χ4v) is 1.54. The van der Waals surface area contributed by atoms with E-state index in [9.17, 15) is 0 Å². The summed E-state index contributed by atoms with van der Waals surface area (Å²) in [6.07, 6.45) is 0. The first-order chi connectivity index (χ1) is 5.46. The van der Waals surface area contributed by atoms with Crippen LogP contribution in [0.4, 0.5) is 0 Å². The molecule has 0 atom stereocenters. The van der Waals surface area contributed by atoms with Crippen LogP contribution in [0.3, 0.4) is 0 Å². The van der Waals surface area contributed by atoms with E-state index in [1.807, 2.05) is 0 Å². The van der Waals surface area contributed by atoms with Gasteiger partial charge in [0.05, 0.1) is 0 Å². The van der Waals surface area contributed by atoms with Crippen LogP contribution in [0.1, 0.15) is 0 Å². The fourth-order valence-electron chi connectivity index (χ4n) is 1.54. The molecule has 0 amide bonds. The second kappa shape index (κ2) is 3.25. The minimum absolute atomic E-state index is 0.366. The van der Waals surface area contributed by atoms with Crippen molar-refractivity contribution in [2.75, 3.05) is 0 Å². The molecule has 1 saturated carbocycles. The van der Waals surface area contributed by atoms with E-state index in [0.29, 0.717) is 0 Å². The van der Waals surface area contributed by atoms with Crippen molar-refractivity contribution in [3.63, 3.8) is 0 Å². The number of hydrogen-bond acceptors (Lipinski definition) is 6. The van der Waals surface area contributed by atoms with Crippen LogP contribution in [-0.2, 0) is 0 Å². The maximum atomic E-state index is 5.70. The SMILES string of the molecule is NC1C(N)C(N)C(N)C(N)C1N. The smallest absolute Gasteiger partial charge is 0.0378 e. The highest BCUT2D eigenvalue weighted by molar-refractivity contribution is 5.09. The van der Waals surface area contributed by atoms with Crippen molar-refractivity contribution in [3.8, 4) is 0 Å². The van der Waals surface area contributed by atoms with Crippen LogP contribution in [0.25, 0.3) is 0 Å². The summed E-state index contributed by atoms with van der Waals surface area (Å²) in [5.41, 5.74) is 34.2. The molecule has 1 rings (SSSR count). The Morgan fingerprint density at radius 1 is 0.333 bits per heavy atom. The van der Waals surface area contributed by atoms with Crippen molar-refractivity contribution < 1.29 is 0 Å². The van der Waals surface area contributed by atoms with E-state index in [1.54, 1.807) is 0 Å². The lowest BCUT2D eigenvalue weighted by atomic mass is 9.78. The summed E-state index contributed by atoms with van der Waals surface area (Å²) in [7, 11) is 0. The van der Waals surface area contributed by atoms with Crippen LogP contribution in [0, 0.1) is 0 Å². The van der Waals surface area contributed by atoms with Crippen molar-refractivity contribution in [3.05, 3.63) is 0 Å². The maximum absolute atomic E-state index is 5.70. The van der Waals surface area contributed by atoms with Crippen LogP contribution in [0.5, 0.6) is 0 Å². The highest BCUT2D eigenvalue weighted by Crippen LogP contribution is 2.12. The lowest BCUT2D eigenvalue weighted by Crippen LogP contribution is -2.77. The third kappa shape index (κ3) is 1.33. The third-order valence-electron chi connectivity index (χ3n) is 2.67. The average molecular weight is 174 g/mol. The van der Waals surface area contributed by atoms with E-state index in [1.165, 1.54) is 0 Å². The minimum Gasteiger partial charge on any atom is -0.325 e. The Morgan fingerprint density at radius 3 is 0.500 bits per heavy atom. The van der Waals surface area contributed by atoms with E-state index in [0.717, 1.165) is 0 Å². The van der Waals surface area contributed by atoms with Crippen molar-refractivity contribution >= 4 is 0 Å². The first-order valence-corrected chi connectivity index (χ1v) is 4.00. The van der Waals surface area contributed by atoms with E-state index in [-0.39, 0.29) is 36.3 Å². The summed E-state index contributed by atoms with van der Waals surface area (Å²) in [5.74, 6) is 0. The van der Waals surface area contributed by atoms with Crippen LogP contribution >= 0.6 is 0 Å². The van der Waals surface area contributed by atoms with Gasteiger partial charge in [-0.15, -0.1) is 0 Å². The molecule has 1 aliphatic rings. The highest BCUT2D eigenvalue weighted by atomic mass is 15.0. The van der Waals surface area contributed by atoms with Gasteiger partial charge in [0.15, 0.2) is 0 Å². The second-order valence-electron chi connectivity index (χ2n) is 3.46. The zero-order valence-corrected chi connectivity index (χ0v) is 6.93. The Morgan fingerprint density at radius 2 is 0.417 bits per heavy atom. The molecule has 0 bridgehead atoms. The van der Waals surface area contributed by atoms with Crippen molar-refractivity contribution in [2.45, 2.75) is 36.3 Å². The van der Waals surface area contributed by atoms with Crippen LogP contribution in [0.15, 0.2) is 0 Å². The van der Waals surface area contributed by atoms with E-state index >= 15 is 0 Å². The lowest BCUT2D eigenvalue weighted by molar-refractivity contribution is 0.239. The number of rotatable bonds is 0. The molecule has 0 spiro atoms. The Hall–Kier alpha value is -0.240. The first kappa shape index (κ1) is 9.85. The summed E-state index contributed by atoms with van der Waals surface area (Å²) in [6.45, 7) is 0. The number of nitrogens with two attached hydrogens (primary N) is 6. The summed E-state index contributed by atoms with van der Waals surface area (Å²) >= 11 is 0. The zero-order valence-electron chi connectivity index (χ0n) is 6.93. The van der Waals surface area contributed by atoms with Crippen molar-refractivity contribution in [1.82, 2.24) is 0 Å². The highest BCUT2D eigenvalue weighted by Gasteiger charge is 2.41. The summed E-state index contributed by atoms with van der Waals surface area (Å²) < 4.78 is 0. The molecule has 1 aliphatic carbocycles. The molecule has 0 aromatic carbocycles. The molecule has 0 aliphatic heterocycles. The molecule has 1 fully saturated rings. The lowest BCUT2D eigenvalue weighted by Gasteiger charge is -2.43. The zero-order chi connectivity index (χ0) is 9.46. The molecule has 12 heavy (non-hydrogen) atoms. The molecule has 0 radical (unpaired) electrons. The monoisotopic (exact) mass is 174 g/mol. The largest absolute Gasteiger partial charge is 0.325 e. The van der Waals surface area contributed by atoms with Gasteiger partial charge in [0.1, 0.15) is 0 Å². The van der Waals surface area contributed by atoms with Gasteiger partial charge in [-0.2, -0.15) is 0 Å². The second-order valence-corrected chi connectivity index (χ2v) is 3.46. The maximum Gasteiger partial charge on any atom is 0.0378 e. The molecule has 6 heteroatoms. The summed E-state index contributed by atoms with van der Waals surface area (Å²) in [4.78, 5) is 0. The molecular formula is C6H18N6. The van der Waals surface area contributed by atoms with Gasteiger partial charge in [-0.05, 0) is 0 Å². The normalized spacial score (nSPS) is 55.5. The predicted octanol–water partition coefficient (Wildman–Crippen LogP) is -4.04. The van der Waals surface area contributed by atoms with Crippen LogP contribution in [-0.4, -0.2) is 36.3 Å². The Balaban J connectivity index is 2.76. The molecule has 0 saturated heterocycles. The van der Waals surface area contributed by atoms with Gasteiger partial charge in [-0.3, -0.25) is 0 Å². The van der Waals surface area contributed by atoms with E-state index < -0.39 is 0 Å². The van der Waals surface area contributed by atoms with E-state index in [2.05, 4.69) is 0 Å². The van der Waals surface area contributed by atoms with E-state index in [4.69, 9.17) is 34.4 Å². The molecule has 12 N–H and O–H groups in total. The van der Waals surface area contributed by atoms with Gasteiger partial charge < -0.3 is 34.4 Å². The Labute approximate surface area is 71.6 Å². The molecule has 6 nitrogen and oxygen atoms in total. The third-order valence-corrected chi connectivity index (χ3v) is 2.67. The van der Waals surface area contributed by atoms with Crippen molar-refractivity contribution in [1.29, 1.82) is 0 Å². The molecule has 72 valence electrons. The standard InChI is InChI=1S/C6H18N6/c7-1-2(8)4(10)6(12)5(11)3(1)9/h1-6H,7-12H2. The Kier molecular flexibility index (Phi) is 2.67. The van der Waals surface area contributed by atoms with Gasteiger partial charge >= 0.3 is 0 Å². The average Bonchev–Trinajstić information content (AvgIpc) is 2.08. The predicted molar refractivity (Wildman–Crippen MR) is 47.9 cm³/mol. The van der Waals surface area contributed by atoms with Gasteiger partial charge in [0.2, 0.25) is 0 Å². The van der Waals surface area contributed by atoms with Crippen LogP contribution in [0.2, 0.25) is 0 Å². The van der Waals surface area contributed by atoms with Crippen LogP contribution < -0.4 is 34.4 Å². The van der Waals surface area contributed by atoms with Gasteiger partial charge in [-0.25, -0.2) is 0 Å². The topological polar surface area (TPSA) is 156 Å². The molecule has 0 aromatic heterocycles. The summed E-state index contributed by atoms with van der Waals surface area (Å²) in [6, 6.07) is -2.20. The van der Waals surface area contributed by atoms with Gasteiger partial charge in [0, 0.05) is 36.3 Å². The molecule has 0 unspecified atom stereocenters. The molecular weight excluding hydrogens is 156 g/mol. The molecule has 0 aromatic rings. The quantitative estimate of drug-likeness (QED) is 0.219. The van der Waals surface area contributed by atoms with Crippen molar-refractivity contribution in [2.24, 2.45) is 34.4 Å². The van der Waals surface area contributed by atoms with Gasteiger partial charge in [0.25, 0.3) is 0 Å². The van der Waals surface area contributed by atoms with Gasteiger partial charge in [-0.1, -0.05) is 0 Å². The summed E-state index contributed by atoms with van der Waals surface area (Å²) in [5, 5.41) is 0.